The van der Waals surface area contributed by atoms with E-state index in [2.05, 4.69) is 14.9 Å². The van der Waals surface area contributed by atoms with Crippen LogP contribution in [-0.2, 0) is 22.3 Å². The fourth-order valence-electron chi connectivity index (χ4n) is 2.23. The summed E-state index contributed by atoms with van der Waals surface area (Å²) >= 11 is 5.86. The number of hydrogen-bond donors (Lipinski definition) is 1. The molecule has 0 bridgehead atoms. The molecule has 136 valence electrons. The molecule has 2 aromatic carbocycles. The van der Waals surface area contributed by atoms with Crippen LogP contribution in [0.2, 0.25) is 5.02 Å². The van der Waals surface area contributed by atoms with E-state index in [1.807, 2.05) is 31.2 Å². The Hall–Kier alpha value is -2.29. The Balaban J connectivity index is 1.68. The highest BCUT2D eigenvalue weighted by Gasteiger charge is 2.18. The maximum atomic E-state index is 13.7. The summed E-state index contributed by atoms with van der Waals surface area (Å²) in [7, 11) is -3.84. The number of hydrogen-bond acceptors (Lipinski definition) is 5. The van der Waals surface area contributed by atoms with Gasteiger partial charge in [-0.15, -0.1) is 0 Å². The van der Waals surface area contributed by atoms with Gasteiger partial charge in [0.2, 0.25) is 21.7 Å². The topological polar surface area (TPSA) is 85.1 Å². The van der Waals surface area contributed by atoms with Gasteiger partial charge in [0.1, 0.15) is 5.82 Å². The van der Waals surface area contributed by atoms with Crippen LogP contribution in [0.25, 0.3) is 11.4 Å². The van der Waals surface area contributed by atoms with Crippen molar-refractivity contribution in [3.63, 3.8) is 0 Å². The van der Waals surface area contributed by atoms with Gasteiger partial charge < -0.3 is 4.52 Å². The normalized spacial score (nSPS) is 11.7. The van der Waals surface area contributed by atoms with Gasteiger partial charge in [-0.05, 0) is 19.1 Å². The largest absolute Gasteiger partial charge is 0.338 e. The first kappa shape index (κ1) is 18.5. The van der Waals surface area contributed by atoms with Crippen molar-refractivity contribution in [2.45, 2.75) is 19.2 Å². The standard InChI is InChI=1S/C17H15ClFN3O3S/c1-11-5-7-12(8-6-11)17-21-16(25-22-17)9-20-26(23,24)10-13-14(18)3-2-4-15(13)19/h2-8,20H,9-10H2,1H3. The Morgan fingerprint density at radius 1 is 1.19 bits per heavy atom. The van der Waals surface area contributed by atoms with Crippen molar-refractivity contribution in [1.29, 1.82) is 0 Å². The average Bonchev–Trinajstić information content (AvgIpc) is 3.06. The minimum atomic E-state index is -3.84. The van der Waals surface area contributed by atoms with Gasteiger partial charge in [-0.1, -0.05) is 52.7 Å². The molecule has 0 fully saturated rings. The van der Waals surface area contributed by atoms with Crippen molar-refractivity contribution >= 4 is 21.6 Å². The molecule has 0 radical (unpaired) electrons. The van der Waals surface area contributed by atoms with Crippen molar-refractivity contribution in [1.82, 2.24) is 14.9 Å². The Labute approximate surface area is 155 Å². The number of nitrogens with zero attached hydrogens (tertiary/aromatic N) is 2. The van der Waals surface area contributed by atoms with Gasteiger partial charge in [-0.25, -0.2) is 17.5 Å². The van der Waals surface area contributed by atoms with E-state index in [4.69, 9.17) is 16.1 Å². The molecule has 0 saturated carbocycles. The summed E-state index contributed by atoms with van der Waals surface area (Å²) in [6, 6.07) is 11.5. The van der Waals surface area contributed by atoms with E-state index in [9.17, 15) is 12.8 Å². The first-order chi connectivity index (χ1) is 12.3. The van der Waals surface area contributed by atoms with Crippen LogP contribution in [0.15, 0.2) is 47.0 Å². The maximum absolute atomic E-state index is 13.7. The lowest BCUT2D eigenvalue weighted by atomic mass is 10.1. The van der Waals surface area contributed by atoms with E-state index in [0.717, 1.165) is 17.2 Å². The molecule has 0 amide bonds. The zero-order valence-corrected chi connectivity index (χ0v) is 15.3. The zero-order chi connectivity index (χ0) is 18.7. The molecule has 3 aromatic rings. The molecule has 9 heteroatoms. The second-order valence-electron chi connectivity index (χ2n) is 5.66. The monoisotopic (exact) mass is 395 g/mol. The molecule has 0 saturated heterocycles. The predicted molar refractivity (Wildman–Crippen MR) is 95.3 cm³/mol. The van der Waals surface area contributed by atoms with Gasteiger partial charge in [0.25, 0.3) is 0 Å². The van der Waals surface area contributed by atoms with Crippen LogP contribution >= 0.6 is 11.6 Å². The molecule has 1 heterocycles. The molecule has 6 nitrogen and oxygen atoms in total. The second-order valence-corrected chi connectivity index (χ2v) is 7.87. The van der Waals surface area contributed by atoms with Gasteiger partial charge in [0.05, 0.1) is 12.3 Å². The lowest BCUT2D eigenvalue weighted by Crippen LogP contribution is -2.25. The molecule has 0 aliphatic rings. The number of benzene rings is 2. The first-order valence-corrected chi connectivity index (χ1v) is 9.67. The van der Waals surface area contributed by atoms with Crippen LogP contribution in [0.3, 0.4) is 0 Å². The molecule has 3 rings (SSSR count). The predicted octanol–water partition coefficient (Wildman–Crippen LogP) is 3.46. The molecule has 0 aliphatic carbocycles. The molecule has 0 atom stereocenters. The summed E-state index contributed by atoms with van der Waals surface area (Å²) in [6.07, 6.45) is 0. The zero-order valence-electron chi connectivity index (χ0n) is 13.7. The van der Waals surface area contributed by atoms with Crippen molar-refractivity contribution in [3.8, 4) is 11.4 Å². The lowest BCUT2D eigenvalue weighted by molar-refractivity contribution is 0.376. The Morgan fingerprint density at radius 3 is 2.62 bits per heavy atom. The van der Waals surface area contributed by atoms with E-state index in [0.29, 0.717) is 5.82 Å². The summed E-state index contributed by atoms with van der Waals surface area (Å²) in [5, 5.41) is 3.88. The molecular weight excluding hydrogens is 381 g/mol. The highest BCUT2D eigenvalue weighted by Crippen LogP contribution is 2.21. The van der Waals surface area contributed by atoms with Crippen molar-refractivity contribution in [2.24, 2.45) is 0 Å². The van der Waals surface area contributed by atoms with Gasteiger partial charge in [-0.3, -0.25) is 0 Å². The van der Waals surface area contributed by atoms with Crippen molar-refractivity contribution in [3.05, 3.63) is 70.3 Å². The first-order valence-electron chi connectivity index (χ1n) is 7.64. The summed E-state index contributed by atoms with van der Waals surface area (Å²) in [6.45, 7) is 1.76. The molecule has 0 aliphatic heterocycles. The molecule has 0 spiro atoms. The smallest absolute Gasteiger partial charge is 0.242 e. The third kappa shape index (κ3) is 4.46. The molecule has 0 unspecified atom stereocenters. The highest BCUT2D eigenvalue weighted by atomic mass is 35.5. The summed E-state index contributed by atoms with van der Waals surface area (Å²) in [4.78, 5) is 4.15. The van der Waals surface area contributed by atoms with Crippen molar-refractivity contribution < 1.29 is 17.3 Å². The van der Waals surface area contributed by atoms with Crippen LogP contribution in [0, 0.1) is 12.7 Å². The third-order valence-corrected chi connectivity index (χ3v) is 5.22. The lowest BCUT2D eigenvalue weighted by Gasteiger charge is -2.07. The van der Waals surface area contributed by atoms with Crippen molar-refractivity contribution in [2.75, 3.05) is 0 Å². The van der Waals surface area contributed by atoms with Crippen LogP contribution in [0.1, 0.15) is 17.0 Å². The van der Waals surface area contributed by atoms with Crippen LogP contribution in [0.5, 0.6) is 0 Å². The third-order valence-electron chi connectivity index (χ3n) is 3.62. The number of sulfonamides is 1. The fraction of sp³-hybridized carbons (Fsp3) is 0.176. The van der Waals surface area contributed by atoms with Crippen LogP contribution < -0.4 is 4.72 Å². The fourth-order valence-corrected chi connectivity index (χ4v) is 3.66. The number of halogens is 2. The summed E-state index contributed by atoms with van der Waals surface area (Å²) in [5.41, 5.74) is 1.76. The number of aryl methyl sites for hydroxylation is 1. The minimum absolute atomic E-state index is 0.0508. The van der Waals surface area contributed by atoms with Crippen LogP contribution in [-0.4, -0.2) is 18.6 Å². The second kappa shape index (κ2) is 7.53. The Morgan fingerprint density at radius 2 is 1.92 bits per heavy atom. The summed E-state index contributed by atoms with van der Waals surface area (Å²) < 4.78 is 45.4. The van der Waals surface area contributed by atoms with Crippen LogP contribution in [0.4, 0.5) is 4.39 Å². The van der Waals surface area contributed by atoms with Gasteiger partial charge in [0.15, 0.2) is 0 Å². The quantitative estimate of drug-likeness (QED) is 0.690. The molecule has 1 N–H and O–H groups in total. The number of rotatable bonds is 6. The van der Waals surface area contributed by atoms with E-state index in [-0.39, 0.29) is 23.0 Å². The molecule has 1 aromatic heterocycles. The highest BCUT2D eigenvalue weighted by molar-refractivity contribution is 7.88. The van der Waals surface area contributed by atoms with Gasteiger partial charge >= 0.3 is 0 Å². The van der Waals surface area contributed by atoms with E-state index >= 15 is 0 Å². The SMILES string of the molecule is Cc1ccc(-c2noc(CNS(=O)(=O)Cc3c(F)cccc3Cl)n2)cc1. The summed E-state index contributed by atoms with van der Waals surface area (Å²) in [5.74, 6) is -0.806. The van der Waals surface area contributed by atoms with E-state index < -0.39 is 21.6 Å². The van der Waals surface area contributed by atoms with E-state index in [1.165, 1.54) is 12.1 Å². The average molecular weight is 396 g/mol. The number of nitrogens with one attached hydrogen (secondary N) is 1. The van der Waals surface area contributed by atoms with Gasteiger partial charge in [0, 0.05) is 16.1 Å². The minimum Gasteiger partial charge on any atom is -0.338 e. The molecular formula is C17H15ClFN3O3S. The molecule has 26 heavy (non-hydrogen) atoms. The number of aromatic nitrogens is 2. The Bertz CT molecular complexity index is 1000. The van der Waals surface area contributed by atoms with Gasteiger partial charge in [-0.2, -0.15) is 4.98 Å². The Kier molecular flexibility index (Phi) is 5.36. The van der Waals surface area contributed by atoms with E-state index in [1.54, 1.807) is 0 Å². The maximum Gasteiger partial charge on any atom is 0.242 e.